The topological polar surface area (TPSA) is 64.3 Å². The molecular weight excluding hydrogens is 518 g/mol. The Kier molecular flexibility index (Phi) is 6.25. The van der Waals surface area contributed by atoms with Crippen LogP contribution in [0, 0.1) is 0 Å². The number of hydrogen-bond donors (Lipinski definition) is 0. The van der Waals surface area contributed by atoms with Gasteiger partial charge in [-0.25, -0.2) is 4.79 Å². The highest BCUT2D eigenvalue weighted by Gasteiger charge is 2.37. The van der Waals surface area contributed by atoms with Crippen molar-refractivity contribution in [3.05, 3.63) is 91.0 Å². The molecule has 6 nitrogen and oxygen atoms in total. The van der Waals surface area contributed by atoms with E-state index < -0.39 is 0 Å². The monoisotopic (exact) mass is 541 g/mol. The van der Waals surface area contributed by atoms with E-state index >= 15 is 0 Å². The van der Waals surface area contributed by atoms with Crippen LogP contribution in [0.3, 0.4) is 0 Å². The zero-order chi connectivity index (χ0) is 24.0. The quantitative estimate of drug-likeness (QED) is 0.390. The number of nitrogens with zero attached hydrogens (tertiary/aromatic N) is 3. The lowest BCUT2D eigenvalue weighted by Gasteiger charge is -2.28. The van der Waals surface area contributed by atoms with Gasteiger partial charge in [-0.1, -0.05) is 48.9 Å². The fraction of sp³-hybridized carbons (Fsp3) is 0.346. The molecule has 0 spiro atoms. The molecule has 2 aliphatic rings. The second-order valence-corrected chi connectivity index (χ2v) is 10.4. The molecule has 1 aromatic heterocycles. The summed E-state index contributed by atoms with van der Waals surface area (Å²) in [6.45, 7) is 3.03. The van der Waals surface area contributed by atoms with Crippen LogP contribution < -0.4 is 5.69 Å². The first-order chi connectivity index (χ1) is 16.3. The van der Waals surface area contributed by atoms with Gasteiger partial charge in [0.05, 0.1) is 17.3 Å². The highest BCUT2D eigenvalue weighted by Crippen LogP contribution is 2.37. The van der Waals surface area contributed by atoms with Crippen molar-refractivity contribution in [1.82, 2.24) is 14.0 Å². The predicted octanol–water partition coefficient (Wildman–Crippen LogP) is 5.43. The molecule has 0 saturated heterocycles. The number of benzene rings is 2. The van der Waals surface area contributed by atoms with Crippen molar-refractivity contribution < 1.29 is 9.59 Å². The summed E-state index contributed by atoms with van der Waals surface area (Å²) in [4.78, 5) is 41.8. The van der Waals surface area contributed by atoms with E-state index in [4.69, 9.17) is 11.6 Å². The van der Waals surface area contributed by atoms with Gasteiger partial charge in [-0.3, -0.25) is 18.7 Å². The maximum absolute atomic E-state index is 13.6. The van der Waals surface area contributed by atoms with Crippen molar-refractivity contribution in [1.29, 1.82) is 0 Å². The molecule has 3 aromatic rings. The molecule has 34 heavy (non-hydrogen) atoms. The lowest BCUT2D eigenvalue weighted by molar-refractivity contribution is 0.0706. The minimum atomic E-state index is -0.164. The van der Waals surface area contributed by atoms with Crippen molar-refractivity contribution in [3.8, 4) is 0 Å². The molecule has 1 aliphatic heterocycles. The van der Waals surface area contributed by atoms with Crippen LogP contribution in [0.2, 0.25) is 5.02 Å². The van der Waals surface area contributed by atoms with Crippen LogP contribution in [0.1, 0.15) is 70.2 Å². The summed E-state index contributed by atoms with van der Waals surface area (Å²) in [7, 11) is 0. The highest BCUT2D eigenvalue weighted by atomic mass is 79.9. The van der Waals surface area contributed by atoms with E-state index in [0.29, 0.717) is 41.5 Å². The molecule has 2 aromatic carbocycles. The molecule has 176 valence electrons. The lowest BCUT2D eigenvalue weighted by atomic mass is 9.94. The predicted molar refractivity (Wildman–Crippen MR) is 135 cm³/mol. The van der Waals surface area contributed by atoms with E-state index in [9.17, 15) is 14.4 Å². The zero-order valence-electron chi connectivity index (χ0n) is 18.8. The Bertz CT molecular complexity index is 1330. The van der Waals surface area contributed by atoms with E-state index in [1.54, 1.807) is 32.2 Å². The van der Waals surface area contributed by atoms with Gasteiger partial charge in [0.25, 0.3) is 5.91 Å². The summed E-state index contributed by atoms with van der Waals surface area (Å²) in [6.07, 6.45) is 2.11. The van der Waals surface area contributed by atoms with Crippen LogP contribution in [0.25, 0.3) is 0 Å². The fourth-order valence-electron chi connectivity index (χ4n) is 4.71. The molecule has 2 heterocycles. The molecule has 5 rings (SSSR count). The number of Topliss-reactive ketones (excluding diaryl/α,β-unsaturated/α-hetero) is 1. The number of aromatic nitrogens is 2. The fourth-order valence-corrected chi connectivity index (χ4v) is 5.13. The lowest BCUT2D eigenvalue weighted by Crippen LogP contribution is -2.41. The van der Waals surface area contributed by atoms with Crippen LogP contribution >= 0.6 is 27.5 Å². The van der Waals surface area contributed by atoms with Gasteiger partial charge in [0.2, 0.25) is 0 Å². The Morgan fingerprint density at radius 2 is 1.85 bits per heavy atom. The van der Waals surface area contributed by atoms with Crippen LogP contribution in [-0.4, -0.2) is 32.3 Å². The van der Waals surface area contributed by atoms with Gasteiger partial charge in [0.15, 0.2) is 5.78 Å². The van der Waals surface area contributed by atoms with Crippen LogP contribution in [0.5, 0.6) is 0 Å². The maximum Gasteiger partial charge on any atom is 0.329 e. The third-order valence-corrected chi connectivity index (χ3v) is 7.93. The second-order valence-electron chi connectivity index (χ2n) is 9.13. The average Bonchev–Trinajstić information content (AvgIpc) is 3.64. The molecule has 1 aliphatic carbocycles. The first-order valence-corrected chi connectivity index (χ1v) is 12.7. The van der Waals surface area contributed by atoms with Gasteiger partial charge in [-0.15, -0.1) is 0 Å². The number of ketones is 1. The number of carbonyl (C=O) groups excluding carboxylic acids is 2. The van der Waals surface area contributed by atoms with Crippen LogP contribution in [-0.2, 0) is 13.1 Å². The molecule has 0 unspecified atom stereocenters. The van der Waals surface area contributed by atoms with Gasteiger partial charge >= 0.3 is 5.69 Å². The number of carbonyl (C=O) groups is 2. The van der Waals surface area contributed by atoms with E-state index in [2.05, 4.69) is 15.9 Å². The van der Waals surface area contributed by atoms with Crippen molar-refractivity contribution >= 4 is 39.2 Å². The molecule has 8 heteroatoms. The molecule has 1 fully saturated rings. The van der Waals surface area contributed by atoms with Gasteiger partial charge in [-0.05, 0) is 58.5 Å². The standard InChI is InChI=1S/C26H25BrClN3O3/c1-16(17-5-3-2-4-6-17)13-23(32)24-22-15-29(25(33)18-7-10-20(27)21(28)14-18)11-12-30(22)26(34)31(24)19-8-9-19/h2-7,10,14,16,19H,8-9,11-13,15H2,1H3/t16-/m1/s1. The molecule has 1 saturated carbocycles. The van der Waals surface area contributed by atoms with Crippen molar-refractivity contribution in [3.63, 3.8) is 0 Å². The Labute approximate surface area is 211 Å². The highest BCUT2D eigenvalue weighted by molar-refractivity contribution is 9.10. The van der Waals surface area contributed by atoms with E-state index in [1.807, 2.05) is 37.3 Å². The van der Waals surface area contributed by atoms with Crippen molar-refractivity contribution in [2.45, 2.75) is 51.2 Å². The molecule has 1 amide bonds. The van der Waals surface area contributed by atoms with Crippen LogP contribution in [0.4, 0.5) is 0 Å². The summed E-state index contributed by atoms with van der Waals surface area (Å²) in [5, 5.41) is 0.463. The third kappa shape index (κ3) is 4.27. The number of amides is 1. The van der Waals surface area contributed by atoms with Crippen molar-refractivity contribution in [2.75, 3.05) is 6.54 Å². The Morgan fingerprint density at radius 3 is 2.53 bits per heavy atom. The number of halogens is 2. The normalized spacial score (nSPS) is 16.3. The van der Waals surface area contributed by atoms with E-state index in [-0.39, 0.29) is 35.9 Å². The Morgan fingerprint density at radius 1 is 1.12 bits per heavy atom. The van der Waals surface area contributed by atoms with E-state index in [1.165, 1.54) is 0 Å². The molecule has 0 radical (unpaired) electrons. The van der Waals surface area contributed by atoms with Crippen molar-refractivity contribution in [2.24, 2.45) is 0 Å². The Hall–Kier alpha value is -2.64. The summed E-state index contributed by atoms with van der Waals surface area (Å²) in [6, 6.07) is 15.1. The number of fused-ring (bicyclic) bond motifs is 1. The van der Waals surface area contributed by atoms with Gasteiger partial charge < -0.3 is 4.90 Å². The summed E-state index contributed by atoms with van der Waals surface area (Å²) >= 11 is 9.55. The van der Waals surface area contributed by atoms with Crippen LogP contribution in [0.15, 0.2) is 57.8 Å². The number of hydrogen-bond acceptors (Lipinski definition) is 3. The third-order valence-electron chi connectivity index (χ3n) is 6.70. The van der Waals surface area contributed by atoms with Gasteiger partial charge in [0.1, 0.15) is 5.69 Å². The molecule has 0 N–H and O–H groups in total. The minimum Gasteiger partial charge on any atom is -0.331 e. The summed E-state index contributed by atoms with van der Waals surface area (Å²) < 4.78 is 4.11. The molecular formula is C26H25BrClN3O3. The maximum atomic E-state index is 13.6. The summed E-state index contributed by atoms with van der Waals surface area (Å²) in [5.74, 6) is -0.184. The average molecular weight is 543 g/mol. The first kappa shape index (κ1) is 23.1. The Balaban J connectivity index is 1.47. The second kappa shape index (κ2) is 9.19. The smallest absolute Gasteiger partial charge is 0.329 e. The molecule has 1 atom stereocenters. The van der Waals surface area contributed by atoms with Gasteiger partial charge in [-0.2, -0.15) is 0 Å². The zero-order valence-corrected chi connectivity index (χ0v) is 21.2. The number of imidazole rings is 1. The van der Waals surface area contributed by atoms with E-state index in [0.717, 1.165) is 22.9 Å². The number of rotatable bonds is 6. The largest absolute Gasteiger partial charge is 0.331 e. The SMILES string of the molecule is C[C@H](CC(=O)c1c2n(c(=O)n1C1CC1)CCN(C(=O)c1ccc(Br)c(Cl)c1)C2)c1ccccc1. The first-order valence-electron chi connectivity index (χ1n) is 11.5. The minimum absolute atomic E-state index is 0.0261. The molecule has 0 bridgehead atoms. The summed E-state index contributed by atoms with van der Waals surface area (Å²) in [5.41, 5.74) is 2.56. The van der Waals surface area contributed by atoms with Gasteiger partial charge in [0, 0.05) is 35.6 Å².